The number of ether oxygens (including phenoxy) is 2. The van der Waals surface area contributed by atoms with E-state index in [-0.39, 0.29) is 5.56 Å². The first-order valence-corrected chi connectivity index (χ1v) is 9.84. The highest BCUT2D eigenvalue weighted by Crippen LogP contribution is 2.20. The summed E-state index contributed by atoms with van der Waals surface area (Å²) in [5.41, 5.74) is 3.63. The third-order valence-electron chi connectivity index (χ3n) is 4.60. The van der Waals surface area contributed by atoms with Crippen molar-refractivity contribution in [1.29, 1.82) is 0 Å². The van der Waals surface area contributed by atoms with Crippen molar-refractivity contribution in [3.63, 3.8) is 0 Å². The molecular formula is C23H27N3O3. The molecule has 1 aromatic heterocycles. The van der Waals surface area contributed by atoms with Gasteiger partial charge in [-0.05, 0) is 68.8 Å². The molecule has 2 aromatic carbocycles. The van der Waals surface area contributed by atoms with Crippen LogP contribution in [0.5, 0.6) is 11.5 Å². The monoisotopic (exact) mass is 393 g/mol. The first kappa shape index (κ1) is 20.5. The van der Waals surface area contributed by atoms with Crippen molar-refractivity contribution >= 4 is 11.4 Å². The Kier molecular flexibility index (Phi) is 6.54. The summed E-state index contributed by atoms with van der Waals surface area (Å²) < 4.78 is 12.2. The standard InChI is InChI=1S/C23H27N3O3/c1-5-7-21-22(16(3)24-17-8-12-20(13-9-17)29-6-2)23(27)26(25-21)18-10-14-19(28-4)15-11-18/h8-15,25H,5-7H2,1-4H3. The van der Waals surface area contributed by atoms with Gasteiger partial charge in [-0.3, -0.25) is 14.9 Å². The lowest BCUT2D eigenvalue weighted by molar-refractivity contribution is 0.340. The van der Waals surface area contributed by atoms with Crippen LogP contribution >= 0.6 is 0 Å². The molecule has 3 rings (SSSR count). The van der Waals surface area contributed by atoms with Gasteiger partial charge in [0.25, 0.3) is 5.56 Å². The van der Waals surface area contributed by atoms with Gasteiger partial charge in [0.2, 0.25) is 0 Å². The van der Waals surface area contributed by atoms with E-state index in [1.54, 1.807) is 11.8 Å². The Bertz CT molecular complexity index is 1030. The average Bonchev–Trinajstić information content (AvgIpc) is 3.06. The minimum atomic E-state index is -0.106. The van der Waals surface area contributed by atoms with Crippen LogP contribution in [0.1, 0.15) is 38.4 Å². The Balaban J connectivity index is 2.00. The highest BCUT2D eigenvalue weighted by atomic mass is 16.5. The Morgan fingerprint density at radius 2 is 1.69 bits per heavy atom. The van der Waals surface area contributed by atoms with E-state index >= 15 is 0 Å². The van der Waals surface area contributed by atoms with Gasteiger partial charge in [0.05, 0.1) is 36.4 Å². The maximum atomic E-state index is 13.2. The van der Waals surface area contributed by atoms with E-state index < -0.39 is 0 Å². The number of benzene rings is 2. The zero-order chi connectivity index (χ0) is 20.8. The van der Waals surface area contributed by atoms with Gasteiger partial charge in [-0.15, -0.1) is 0 Å². The molecule has 0 radical (unpaired) electrons. The molecule has 0 aliphatic carbocycles. The number of methoxy groups -OCH3 is 1. The summed E-state index contributed by atoms with van der Waals surface area (Å²) in [5.74, 6) is 1.55. The van der Waals surface area contributed by atoms with Crippen molar-refractivity contribution in [2.24, 2.45) is 4.99 Å². The molecular weight excluding hydrogens is 366 g/mol. The van der Waals surface area contributed by atoms with Gasteiger partial charge in [0.1, 0.15) is 11.5 Å². The molecule has 0 amide bonds. The second-order valence-electron chi connectivity index (χ2n) is 6.68. The highest BCUT2D eigenvalue weighted by Gasteiger charge is 2.17. The van der Waals surface area contributed by atoms with Gasteiger partial charge in [0.15, 0.2) is 0 Å². The second kappa shape index (κ2) is 9.28. The van der Waals surface area contributed by atoms with Crippen LogP contribution < -0.4 is 15.0 Å². The van der Waals surface area contributed by atoms with Gasteiger partial charge < -0.3 is 9.47 Å². The summed E-state index contributed by atoms with van der Waals surface area (Å²) in [7, 11) is 1.62. The van der Waals surface area contributed by atoms with Crippen molar-refractivity contribution < 1.29 is 9.47 Å². The first-order chi connectivity index (χ1) is 14.1. The molecule has 1 N–H and O–H groups in total. The largest absolute Gasteiger partial charge is 0.497 e. The summed E-state index contributed by atoms with van der Waals surface area (Å²) in [4.78, 5) is 17.9. The smallest absolute Gasteiger partial charge is 0.280 e. The Morgan fingerprint density at radius 3 is 2.28 bits per heavy atom. The van der Waals surface area contributed by atoms with Crippen LogP contribution in [0.2, 0.25) is 0 Å². The molecule has 0 saturated heterocycles. The van der Waals surface area contributed by atoms with Crippen molar-refractivity contribution in [3.8, 4) is 17.2 Å². The van der Waals surface area contributed by atoms with E-state index in [1.807, 2.05) is 62.4 Å². The number of rotatable bonds is 8. The normalized spacial score (nSPS) is 11.5. The molecule has 29 heavy (non-hydrogen) atoms. The molecule has 0 bridgehead atoms. The van der Waals surface area contributed by atoms with Crippen LogP contribution in [-0.4, -0.2) is 29.2 Å². The van der Waals surface area contributed by atoms with E-state index in [1.165, 1.54) is 0 Å². The molecule has 0 atom stereocenters. The zero-order valence-electron chi connectivity index (χ0n) is 17.4. The number of hydrogen-bond donors (Lipinski definition) is 1. The number of nitrogens with zero attached hydrogens (tertiary/aromatic N) is 2. The zero-order valence-corrected chi connectivity index (χ0v) is 17.4. The molecule has 6 nitrogen and oxygen atoms in total. The van der Waals surface area contributed by atoms with Crippen LogP contribution in [0.3, 0.4) is 0 Å². The van der Waals surface area contributed by atoms with Crippen LogP contribution in [0.15, 0.2) is 58.3 Å². The summed E-state index contributed by atoms with van der Waals surface area (Å²) in [6.07, 6.45) is 1.69. The Hall–Kier alpha value is -3.28. The minimum absolute atomic E-state index is 0.106. The molecule has 0 unspecified atom stereocenters. The lowest BCUT2D eigenvalue weighted by atomic mass is 10.1. The van der Waals surface area contributed by atoms with Crippen molar-refractivity contribution in [1.82, 2.24) is 9.78 Å². The molecule has 0 aliphatic heterocycles. The van der Waals surface area contributed by atoms with E-state index in [9.17, 15) is 4.79 Å². The van der Waals surface area contributed by atoms with Gasteiger partial charge in [-0.2, -0.15) is 0 Å². The van der Waals surface area contributed by atoms with E-state index in [2.05, 4.69) is 17.0 Å². The quantitative estimate of drug-likeness (QED) is 0.566. The molecule has 0 spiro atoms. The van der Waals surface area contributed by atoms with Crippen LogP contribution in [0.4, 0.5) is 5.69 Å². The van der Waals surface area contributed by atoms with Gasteiger partial charge >= 0.3 is 0 Å². The predicted molar refractivity (Wildman–Crippen MR) is 116 cm³/mol. The topological polar surface area (TPSA) is 68.6 Å². The maximum Gasteiger partial charge on any atom is 0.280 e. The number of aliphatic imine (C=N–C) groups is 1. The average molecular weight is 393 g/mol. The number of nitrogens with one attached hydrogen (secondary N) is 1. The summed E-state index contributed by atoms with van der Waals surface area (Å²) >= 11 is 0. The SMILES string of the molecule is CCCc1[nH]n(-c2ccc(OC)cc2)c(=O)c1C(C)=Nc1ccc(OCC)cc1. The molecule has 0 saturated carbocycles. The summed E-state index contributed by atoms with van der Waals surface area (Å²) in [6.45, 7) is 6.53. The molecule has 0 aliphatic rings. The second-order valence-corrected chi connectivity index (χ2v) is 6.68. The van der Waals surface area contributed by atoms with Crippen molar-refractivity contribution in [3.05, 3.63) is 70.1 Å². The highest BCUT2D eigenvalue weighted by molar-refractivity contribution is 6.01. The van der Waals surface area contributed by atoms with Gasteiger partial charge in [-0.1, -0.05) is 13.3 Å². The third kappa shape index (κ3) is 4.59. The van der Waals surface area contributed by atoms with Crippen LogP contribution in [0.25, 0.3) is 5.69 Å². The summed E-state index contributed by atoms with van der Waals surface area (Å²) in [5, 5.41) is 3.26. The number of hydrogen-bond acceptors (Lipinski definition) is 4. The number of aryl methyl sites for hydroxylation is 1. The number of aromatic nitrogens is 2. The minimum Gasteiger partial charge on any atom is -0.497 e. The molecule has 1 heterocycles. The fourth-order valence-corrected chi connectivity index (χ4v) is 3.23. The lowest BCUT2D eigenvalue weighted by Crippen LogP contribution is -2.19. The van der Waals surface area contributed by atoms with Crippen LogP contribution in [0, 0.1) is 0 Å². The molecule has 0 fully saturated rings. The first-order valence-electron chi connectivity index (χ1n) is 9.84. The fraction of sp³-hybridized carbons (Fsp3) is 0.304. The summed E-state index contributed by atoms with van der Waals surface area (Å²) in [6, 6.07) is 14.9. The molecule has 6 heteroatoms. The van der Waals surface area contributed by atoms with Gasteiger partial charge in [0, 0.05) is 5.69 Å². The third-order valence-corrected chi connectivity index (χ3v) is 4.60. The molecule has 152 valence electrons. The Morgan fingerprint density at radius 1 is 1.03 bits per heavy atom. The number of H-pyrrole nitrogens is 1. The molecule has 3 aromatic rings. The van der Waals surface area contributed by atoms with Crippen molar-refractivity contribution in [2.75, 3.05) is 13.7 Å². The van der Waals surface area contributed by atoms with E-state index in [0.717, 1.165) is 41.4 Å². The van der Waals surface area contributed by atoms with Gasteiger partial charge in [-0.25, -0.2) is 4.68 Å². The van der Waals surface area contributed by atoms with E-state index in [4.69, 9.17) is 9.47 Å². The number of aromatic amines is 1. The predicted octanol–water partition coefficient (Wildman–Crippen LogP) is 4.67. The maximum absolute atomic E-state index is 13.2. The van der Waals surface area contributed by atoms with E-state index in [0.29, 0.717) is 17.9 Å². The lowest BCUT2D eigenvalue weighted by Gasteiger charge is -2.04. The Labute approximate surface area is 170 Å². The fourth-order valence-electron chi connectivity index (χ4n) is 3.23. The van der Waals surface area contributed by atoms with Crippen molar-refractivity contribution in [2.45, 2.75) is 33.6 Å². The van der Waals surface area contributed by atoms with Crippen LogP contribution in [-0.2, 0) is 6.42 Å².